The van der Waals surface area contributed by atoms with Gasteiger partial charge < -0.3 is 9.47 Å². The molecular weight excluding hydrogens is 216 g/mol. The molecular formula is C14H26O3. The largest absolute Gasteiger partial charge is 0.433 e. The maximum absolute atomic E-state index is 11.2. The Bertz CT molecular complexity index is 236. The summed E-state index contributed by atoms with van der Waals surface area (Å²) in [5.41, 5.74) is 0.401. The first-order chi connectivity index (χ1) is 8.01. The van der Waals surface area contributed by atoms with Crippen LogP contribution in [0, 0.1) is 5.92 Å². The minimum atomic E-state index is -0.491. The van der Waals surface area contributed by atoms with E-state index in [0.29, 0.717) is 18.1 Å². The van der Waals surface area contributed by atoms with Gasteiger partial charge in [-0.05, 0) is 26.2 Å². The van der Waals surface area contributed by atoms with Crippen LogP contribution in [0.4, 0.5) is 0 Å². The molecule has 0 aliphatic heterocycles. The first-order valence-corrected chi connectivity index (χ1v) is 6.49. The van der Waals surface area contributed by atoms with Gasteiger partial charge in [0.15, 0.2) is 6.29 Å². The zero-order chi connectivity index (χ0) is 13.3. The highest BCUT2D eigenvalue weighted by molar-refractivity contribution is 5.86. The summed E-state index contributed by atoms with van der Waals surface area (Å²) in [5.74, 6) is 0.167. The molecule has 0 saturated heterocycles. The fraction of sp³-hybridized carbons (Fsp3) is 0.786. The van der Waals surface area contributed by atoms with E-state index < -0.39 is 6.29 Å². The molecule has 0 saturated carbocycles. The molecule has 0 spiro atoms. The Balaban J connectivity index is 3.83. The van der Waals surface area contributed by atoms with Crippen molar-refractivity contribution < 1.29 is 14.3 Å². The molecule has 0 aromatic heterocycles. The molecule has 0 rings (SSSR count). The Morgan fingerprint density at radius 1 is 1.35 bits per heavy atom. The number of rotatable bonds is 9. The highest BCUT2D eigenvalue weighted by atomic mass is 16.7. The smallest absolute Gasteiger partial charge is 0.335 e. The number of carbonyl (C=O) groups excluding carboxylic acids is 1. The van der Waals surface area contributed by atoms with Crippen molar-refractivity contribution in [3.63, 3.8) is 0 Å². The zero-order valence-corrected chi connectivity index (χ0v) is 11.6. The van der Waals surface area contributed by atoms with E-state index in [1.807, 2.05) is 0 Å². The molecule has 0 heterocycles. The van der Waals surface area contributed by atoms with Crippen LogP contribution in [-0.2, 0) is 14.3 Å². The van der Waals surface area contributed by atoms with Gasteiger partial charge in [0.2, 0.25) is 0 Å². The second kappa shape index (κ2) is 9.23. The lowest BCUT2D eigenvalue weighted by molar-refractivity contribution is -0.172. The topological polar surface area (TPSA) is 35.5 Å². The average molecular weight is 242 g/mol. The Morgan fingerprint density at radius 2 is 2.00 bits per heavy atom. The summed E-state index contributed by atoms with van der Waals surface area (Å²) in [7, 11) is 0. The summed E-state index contributed by atoms with van der Waals surface area (Å²) in [6.45, 7) is 11.9. The van der Waals surface area contributed by atoms with Crippen molar-refractivity contribution in [2.75, 3.05) is 6.61 Å². The van der Waals surface area contributed by atoms with Gasteiger partial charge in [0, 0.05) is 5.57 Å². The monoisotopic (exact) mass is 242 g/mol. The number of esters is 1. The van der Waals surface area contributed by atoms with Crippen LogP contribution in [0.3, 0.4) is 0 Å². The van der Waals surface area contributed by atoms with Gasteiger partial charge in [-0.25, -0.2) is 4.79 Å². The van der Waals surface area contributed by atoms with Gasteiger partial charge in [-0.1, -0.05) is 39.7 Å². The van der Waals surface area contributed by atoms with Crippen molar-refractivity contribution >= 4 is 5.97 Å². The normalized spacial score (nSPS) is 14.1. The molecule has 0 amide bonds. The van der Waals surface area contributed by atoms with Gasteiger partial charge in [0.05, 0.1) is 6.61 Å². The molecule has 0 fully saturated rings. The number of hydrogen-bond acceptors (Lipinski definition) is 3. The SMILES string of the molecule is C=C(C)C(=O)OC(C)OCC(CC)CCCC. The fourth-order valence-corrected chi connectivity index (χ4v) is 1.46. The van der Waals surface area contributed by atoms with Crippen molar-refractivity contribution in [2.45, 2.75) is 59.7 Å². The molecule has 2 unspecified atom stereocenters. The van der Waals surface area contributed by atoms with E-state index in [4.69, 9.17) is 9.47 Å². The third-order valence-electron chi connectivity index (χ3n) is 2.73. The lowest BCUT2D eigenvalue weighted by atomic mass is 10.0. The second-order valence-corrected chi connectivity index (χ2v) is 4.50. The molecule has 17 heavy (non-hydrogen) atoms. The third-order valence-corrected chi connectivity index (χ3v) is 2.73. The zero-order valence-electron chi connectivity index (χ0n) is 11.6. The molecule has 3 nitrogen and oxygen atoms in total. The van der Waals surface area contributed by atoms with Gasteiger partial charge in [-0.2, -0.15) is 0 Å². The van der Waals surface area contributed by atoms with Gasteiger partial charge in [0.25, 0.3) is 0 Å². The van der Waals surface area contributed by atoms with Gasteiger partial charge >= 0.3 is 5.97 Å². The van der Waals surface area contributed by atoms with E-state index in [0.717, 1.165) is 6.42 Å². The van der Waals surface area contributed by atoms with Crippen molar-refractivity contribution in [2.24, 2.45) is 5.92 Å². The predicted octanol–water partition coefficient (Wildman–Crippen LogP) is 3.68. The molecule has 0 aromatic rings. The van der Waals surface area contributed by atoms with Crippen LogP contribution in [0.15, 0.2) is 12.2 Å². The fourth-order valence-electron chi connectivity index (χ4n) is 1.46. The number of carbonyl (C=O) groups is 1. The van der Waals surface area contributed by atoms with Gasteiger partial charge in [-0.3, -0.25) is 0 Å². The molecule has 0 aromatic carbocycles. The molecule has 100 valence electrons. The lowest BCUT2D eigenvalue weighted by Crippen LogP contribution is -2.21. The Kier molecular flexibility index (Phi) is 8.78. The van der Waals surface area contributed by atoms with Crippen LogP contribution in [0.2, 0.25) is 0 Å². The molecule has 3 heteroatoms. The van der Waals surface area contributed by atoms with E-state index in [9.17, 15) is 4.79 Å². The number of hydrogen-bond donors (Lipinski definition) is 0. The number of unbranched alkanes of at least 4 members (excludes halogenated alkanes) is 1. The minimum Gasteiger partial charge on any atom is -0.433 e. The highest BCUT2D eigenvalue weighted by Gasteiger charge is 2.13. The highest BCUT2D eigenvalue weighted by Crippen LogP contribution is 2.14. The van der Waals surface area contributed by atoms with Crippen LogP contribution >= 0.6 is 0 Å². The Labute approximate surface area is 105 Å². The summed E-state index contributed by atoms with van der Waals surface area (Å²) in [6, 6.07) is 0. The average Bonchev–Trinajstić information content (AvgIpc) is 2.29. The van der Waals surface area contributed by atoms with Gasteiger partial charge in [0.1, 0.15) is 0 Å². The number of ether oxygens (including phenoxy) is 2. The molecule has 2 atom stereocenters. The van der Waals surface area contributed by atoms with Crippen LogP contribution in [-0.4, -0.2) is 18.9 Å². The quantitative estimate of drug-likeness (QED) is 0.351. The molecule has 0 aliphatic rings. The Morgan fingerprint density at radius 3 is 2.47 bits per heavy atom. The van der Waals surface area contributed by atoms with E-state index in [-0.39, 0.29) is 5.97 Å². The lowest BCUT2D eigenvalue weighted by Gasteiger charge is -2.19. The van der Waals surface area contributed by atoms with E-state index in [1.165, 1.54) is 19.3 Å². The first kappa shape index (κ1) is 16.2. The summed E-state index contributed by atoms with van der Waals surface area (Å²) >= 11 is 0. The predicted molar refractivity (Wildman–Crippen MR) is 69.6 cm³/mol. The van der Waals surface area contributed by atoms with Crippen molar-refractivity contribution in [1.29, 1.82) is 0 Å². The third kappa shape index (κ3) is 7.97. The minimum absolute atomic E-state index is 0.390. The Hall–Kier alpha value is -0.830. The summed E-state index contributed by atoms with van der Waals surface area (Å²) < 4.78 is 10.6. The van der Waals surface area contributed by atoms with E-state index in [1.54, 1.807) is 13.8 Å². The summed E-state index contributed by atoms with van der Waals surface area (Å²) in [5, 5.41) is 0. The van der Waals surface area contributed by atoms with Crippen molar-refractivity contribution in [1.82, 2.24) is 0 Å². The van der Waals surface area contributed by atoms with Crippen LogP contribution < -0.4 is 0 Å². The van der Waals surface area contributed by atoms with Crippen molar-refractivity contribution in [3.05, 3.63) is 12.2 Å². The van der Waals surface area contributed by atoms with E-state index in [2.05, 4.69) is 20.4 Å². The molecule has 0 N–H and O–H groups in total. The van der Waals surface area contributed by atoms with Crippen molar-refractivity contribution in [3.8, 4) is 0 Å². The van der Waals surface area contributed by atoms with Crippen LogP contribution in [0.25, 0.3) is 0 Å². The standard InChI is InChI=1S/C14H26O3/c1-6-8-9-13(7-2)10-16-12(5)17-14(15)11(3)4/h12-13H,3,6-10H2,1-2,4-5H3. The first-order valence-electron chi connectivity index (χ1n) is 6.49. The maximum Gasteiger partial charge on any atom is 0.335 e. The molecule has 0 radical (unpaired) electrons. The van der Waals surface area contributed by atoms with E-state index >= 15 is 0 Å². The van der Waals surface area contributed by atoms with Crippen LogP contribution in [0.1, 0.15) is 53.4 Å². The van der Waals surface area contributed by atoms with Crippen LogP contribution in [0.5, 0.6) is 0 Å². The molecule has 0 aliphatic carbocycles. The summed E-state index contributed by atoms with van der Waals surface area (Å²) in [4.78, 5) is 11.2. The summed E-state index contributed by atoms with van der Waals surface area (Å²) in [6.07, 6.45) is 4.21. The second-order valence-electron chi connectivity index (χ2n) is 4.50. The van der Waals surface area contributed by atoms with Gasteiger partial charge in [-0.15, -0.1) is 0 Å². The maximum atomic E-state index is 11.2. The molecule has 0 bridgehead atoms.